The molecule has 10 heteroatoms. The average Bonchev–Trinajstić information content (AvgIpc) is 3.21. The van der Waals surface area contributed by atoms with Crippen LogP contribution in [0.15, 0.2) is 64.3 Å². The predicted molar refractivity (Wildman–Crippen MR) is 114 cm³/mol. The highest BCUT2D eigenvalue weighted by molar-refractivity contribution is 7.92. The first kappa shape index (κ1) is 20.5. The van der Waals surface area contributed by atoms with Crippen molar-refractivity contribution in [1.29, 1.82) is 0 Å². The Morgan fingerprint density at radius 1 is 1.00 bits per heavy atom. The summed E-state index contributed by atoms with van der Waals surface area (Å²) in [4.78, 5) is 12.5. The van der Waals surface area contributed by atoms with Crippen LogP contribution in [-0.4, -0.2) is 35.6 Å². The minimum Gasteiger partial charge on any atom is -0.478 e. The smallest absolute Gasteiger partial charge is 0.265 e. The highest BCUT2D eigenvalue weighted by Gasteiger charge is 2.23. The highest BCUT2D eigenvalue weighted by atomic mass is 32.2. The van der Waals surface area contributed by atoms with Crippen molar-refractivity contribution in [3.8, 4) is 28.5 Å². The molecule has 0 amide bonds. The van der Waals surface area contributed by atoms with E-state index in [4.69, 9.17) is 9.26 Å². The van der Waals surface area contributed by atoms with E-state index in [1.54, 1.807) is 25.1 Å². The van der Waals surface area contributed by atoms with Crippen LogP contribution in [0.2, 0.25) is 0 Å². The van der Waals surface area contributed by atoms with Gasteiger partial charge in [0.2, 0.25) is 5.82 Å². The Kier molecular flexibility index (Phi) is 5.38. The Bertz CT molecular complexity index is 1330. The molecule has 9 nitrogen and oxygen atoms in total. The van der Waals surface area contributed by atoms with Gasteiger partial charge in [-0.3, -0.25) is 9.71 Å². The van der Waals surface area contributed by atoms with E-state index in [0.717, 1.165) is 11.3 Å². The van der Waals surface area contributed by atoms with Crippen molar-refractivity contribution in [2.45, 2.75) is 18.7 Å². The molecule has 0 aliphatic carbocycles. The number of aryl methyl sites for hydroxylation is 2. The van der Waals surface area contributed by atoms with Gasteiger partial charge in [0.1, 0.15) is 4.90 Å². The quantitative estimate of drug-likeness (QED) is 0.486. The van der Waals surface area contributed by atoms with Gasteiger partial charge in [0.25, 0.3) is 15.9 Å². The van der Waals surface area contributed by atoms with Gasteiger partial charge < -0.3 is 9.26 Å². The summed E-state index contributed by atoms with van der Waals surface area (Å²) in [6, 6.07) is 12.1. The number of methoxy groups -OCH3 is 1. The molecule has 1 aromatic carbocycles. The van der Waals surface area contributed by atoms with Crippen LogP contribution in [0.1, 0.15) is 11.4 Å². The van der Waals surface area contributed by atoms with E-state index in [0.29, 0.717) is 22.7 Å². The molecule has 1 N–H and O–H groups in total. The number of anilines is 1. The molecule has 0 fully saturated rings. The summed E-state index contributed by atoms with van der Waals surface area (Å²) >= 11 is 0. The van der Waals surface area contributed by atoms with Crippen molar-refractivity contribution in [3.05, 3.63) is 66.2 Å². The van der Waals surface area contributed by atoms with E-state index in [1.807, 2.05) is 25.1 Å². The Hall–Kier alpha value is -3.79. The molecule has 0 unspecified atom stereocenters. The summed E-state index contributed by atoms with van der Waals surface area (Å²) in [7, 11) is -2.62. The Morgan fingerprint density at radius 2 is 1.74 bits per heavy atom. The van der Waals surface area contributed by atoms with Gasteiger partial charge in [0, 0.05) is 23.4 Å². The van der Waals surface area contributed by atoms with Crippen molar-refractivity contribution in [1.82, 2.24) is 20.1 Å². The highest BCUT2D eigenvalue weighted by Crippen LogP contribution is 2.30. The van der Waals surface area contributed by atoms with E-state index in [2.05, 4.69) is 24.8 Å². The molecule has 0 saturated heterocycles. The molecule has 4 rings (SSSR count). The van der Waals surface area contributed by atoms with E-state index in [1.165, 1.54) is 25.6 Å². The van der Waals surface area contributed by atoms with E-state index in [9.17, 15) is 8.42 Å². The van der Waals surface area contributed by atoms with Crippen LogP contribution in [0.4, 0.5) is 5.82 Å². The molecule has 0 bridgehead atoms. The lowest BCUT2D eigenvalue weighted by atomic mass is 10.1. The summed E-state index contributed by atoms with van der Waals surface area (Å²) in [5.41, 5.74) is 3.13. The lowest BCUT2D eigenvalue weighted by Gasteiger charge is -2.13. The van der Waals surface area contributed by atoms with Gasteiger partial charge in [-0.05, 0) is 26.0 Å². The second kappa shape index (κ2) is 8.15. The number of hydrogen-bond acceptors (Lipinski definition) is 8. The van der Waals surface area contributed by atoms with Gasteiger partial charge in [0.05, 0.1) is 30.4 Å². The number of nitrogens with one attached hydrogen (secondary N) is 1. The number of sulfonamides is 1. The van der Waals surface area contributed by atoms with Crippen LogP contribution >= 0.6 is 0 Å². The summed E-state index contributed by atoms with van der Waals surface area (Å²) < 4.78 is 39.2. The zero-order valence-electron chi connectivity index (χ0n) is 17.0. The van der Waals surface area contributed by atoms with Crippen molar-refractivity contribution in [3.63, 3.8) is 0 Å². The molecule has 158 valence electrons. The number of ether oxygens (including phenoxy) is 1. The van der Waals surface area contributed by atoms with Gasteiger partial charge in [-0.15, -0.1) is 0 Å². The molecule has 0 spiro atoms. The third-order valence-corrected chi connectivity index (χ3v) is 5.79. The van der Waals surface area contributed by atoms with E-state index < -0.39 is 10.0 Å². The van der Waals surface area contributed by atoms with Crippen LogP contribution in [0.5, 0.6) is 5.88 Å². The number of nitrogens with zero attached hydrogens (tertiary/aromatic N) is 4. The fraction of sp³-hybridized carbons (Fsp3) is 0.143. The molecule has 4 aromatic rings. The largest absolute Gasteiger partial charge is 0.478 e. The summed E-state index contributed by atoms with van der Waals surface area (Å²) in [6.07, 6.45) is 2.99. The van der Waals surface area contributed by atoms with Crippen molar-refractivity contribution < 1.29 is 17.7 Å². The molecule has 0 atom stereocenters. The molecule has 0 radical (unpaired) electrons. The number of pyridine rings is 1. The third kappa shape index (κ3) is 4.24. The first-order valence-corrected chi connectivity index (χ1v) is 10.8. The van der Waals surface area contributed by atoms with Crippen molar-refractivity contribution in [2.24, 2.45) is 0 Å². The predicted octanol–water partition coefficient (Wildman–Crippen LogP) is 3.62. The van der Waals surface area contributed by atoms with Gasteiger partial charge in [0.15, 0.2) is 5.76 Å². The summed E-state index contributed by atoms with van der Waals surface area (Å²) in [6.45, 7) is 3.57. The second-order valence-corrected chi connectivity index (χ2v) is 8.39. The number of hydrogen-bond donors (Lipinski definition) is 1. The monoisotopic (exact) mass is 437 g/mol. The Labute approximate surface area is 179 Å². The maximum atomic E-state index is 13.1. The fourth-order valence-electron chi connectivity index (χ4n) is 2.97. The normalized spacial score (nSPS) is 11.3. The van der Waals surface area contributed by atoms with Gasteiger partial charge >= 0.3 is 0 Å². The summed E-state index contributed by atoms with van der Waals surface area (Å²) in [5, 5.41) is 3.88. The first-order chi connectivity index (χ1) is 14.9. The zero-order valence-corrected chi connectivity index (χ0v) is 17.8. The number of aromatic nitrogens is 4. The molecular formula is C21H19N5O4S. The van der Waals surface area contributed by atoms with Crippen LogP contribution < -0.4 is 9.46 Å². The van der Waals surface area contributed by atoms with Crippen LogP contribution in [0.3, 0.4) is 0 Å². The minimum atomic E-state index is -4.02. The van der Waals surface area contributed by atoms with E-state index in [-0.39, 0.29) is 16.6 Å². The standard InChI is InChI=1S/C21H19N5O4S/c1-13-11-17(30-25-13)15-6-8-16(9-7-15)19-18(5-4-10-22-19)31(27,28)26-20-21(29-3)24-14(2)12-23-20/h4-12H,1-3H3,(H,23,26). The fourth-order valence-corrected chi connectivity index (χ4v) is 4.15. The number of benzene rings is 1. The maximum absolute atomic E-state index is 13.1. The van der Waals surface area contributed by atoms with Crippen LogP contribution in [0.25, 0.3) is 22.6 Å². The zero-order chi connectivity index (χ0) is 22.0. The molecule has 0 aliphatic heterocycles. The molecule has 3 heterocycles. The summed E-state index contributed by atoms with van der Waals surface area (Å²) in [5.74, 6) is 0.712. The lowest BCUT2D eigenvalue weighted by molar-refractivity contribution is 0.397. The second-order valence-electron chi connectivity index (χ2n) is 6.73. The topological polar surface area (TPSA) is 120 Å². The van der Waals surface area contributed by atoms with Crippen molar-refractivity contribution in [2.75, 3.05) is 11.8 Å². The molecule has 0 saturated carbocycles. The van der Waals surface area contributed by atoms with Crippen molar-refractivity contribution >= 4 is 15.8 Å². The third-order valence-electron chi connectivity index (χ3n) is 4.42. The molecular weight excluding hydrogens is 418 g/mol. The first-order valence-electron chi connectivity index (χ1n) is 9.27. The van der Waals surface area contributed by atoms with Crippen LogP contribution in [0, 0.1) is 13.8 Å². The molecule has 3 aromatic heterocycles. The molecule has 31 heavy (non-hydrogen) atoms. The molecule has 0 aliphatic rings. The Balaban J connectivity index is 1.70. The van der Waals surface area contributed by atoms with Gasteiger partial charge in [-0.25, -0.2) is 18.4 Å². The average molecular weight is 437 g/mol. The SMILES string of the molecule is COc1nc(C)cnc1NS(=O)(=O)c1cccnc1-c1ccc(-c2cc(C)no2)cc1. The minimum absolute atomic E-state index is 0.000981. The maximum Gasteiger partial charge on any atom is 0.265 e. The Morgan fingerprint density at radius 3 is 2.42 bits per heavy atom. The van der Waals surface area contributed by atoms with Gasteiger partial charge in [-0.1, -0.05) is 29.4 Å². The van der Waals surface area contributed by atoms with Crippen LogP contribution in [-0.2, 0) is 10.0 Å². The number of rotatable bonds is 6. The lowest BCUT2D eigenvalue weighted by Crippen LogP contribution is -2.16. The van der Waals surface area contributed by atoms with Gasteiger partial charge in [-0.2, -0.15) is 0 Å². The van der Waals surface area contributed by atoms with E-state index >= 15 is 0 Å².